The summed E-state index contributed by atoms with van der Waals surface area (Å²) in [6.45, 7) is 7.12. The third-order valence-corrected chi connectivity index (χ3v) is 5.26. The largest absolute Gasteiger partial charge is 0.378 e. The standard InChI is InChI=1S/C20H31N3O2.2ClH/c1-16-5-6-19(22-10-2-3-11-22)18(15-16)20(24)23-12-7-17(8-13-23)25-14-4-9-21;;/h5-6,15,17H,2-4,7-14,21H2,1H3;2*1H. The first-order valence-electron chi connectivity index (χ1n) is 9.65. The molecule has 2 fully saturated rings. The number of amides is 1. The monoisotopic (exact) mass is 417 g/mol. The van der Waals surface area contributed by atoms with Crippen LogP contribution in [0.5, 0.6) is 0 Å². The lowest BCUT2D eigenvalue weighted by Gasteiger charge is -2.33. The summed E-state index contributed by atoms with van der Waals surface area (Å²) in [5, 5.41) is 0. The predicted molar refractivity (Wildman–Crippen MR) is 116 cm³/mol. The van der Waals surface area contributed by atoms with Crippen molar-refractivity contribution in [1.29, 1.82) is 0 Å². The quantitative estimate of drug-likeness (QED) is 0.720. The third-order valence-electron chi connectivity index (χ3n) is 5.26. The number of benzene rings is 1. The van der Waals surface area contributed by atoms with Crippen LogP contribution in [0.3, 0.4) is 0 Å². The highest BCUT2D eigenvalue weighted by molar-refractivity contribution is 6.00. The molecule has 2 N–H and O–H groups in total. The first-order valence-corrected chi connectivity index (χ1v) is 9.65. The molecule has 0 bridgehead atoms. The molecule has 0 spiro atoms. The van der Waals surface area contributed by atoms with Gasteiger partial charge in [0.2, 0.25) is 0 Å². The molecule has 1 amide bonds. The van der Waals surface area contributed by atoms with Crippen LogP contribution in [0.25, 0.3) is 0 Å². The van der Waals surface area contributed by atoms with E-state index in [9.17, 15) is 4.79 Å². The summed E-state index contributed by atoms with van der Waals surface area (Å²) in [7, 11) is 0. The molecule has 27 heavy (non-hydrogen) atoms. The Labute approximate surface area is 175 Å². The smallest absolute Gasteiger partial charge is 0.255 e. The van der Waals surface area contributed by atoms with Crippen LogP contribution in [0.15, 0.2) is 18.2 Å². The van der Waals surface area contributed by atoms with Crippen molar-refractivity contribution in [2.75, 3.05) is 44.2 Å². The molecule has 0 atom stereocenters. The van der Waals surface area contributed by atoms with Crippen molar-refractivity contribution in [3.05, 3.63) is 29.3 Å². The van der Waals surface area contributed by atoms with Gasteiger partial charge in [0.25, 0.3) is 5.91 Å². The Hall–Kier alpha value is -1.01. The SMILES string of the molecule is Cc1ccc(N2CCCC2)c(C(=O)N2CCC(OCCCN)CC2)c1.Cl.Cl. The van der Waals surface area contributed by atoms with E-state index in [0.717, 1.165) is 68.9 Å². The number of carbonyl (C=O) groups excluding carboxylic acids is 1. The van der Waals surface area contributed by atoms with E-state index in [2.05, 4.69) is 30.0 Å². The van der Waals surface area contributed by atoms with Crippen LogP contribution < -0.4 is 10.6 Å². The number of likely N-dealkylation sites (tertiary alicyclic amines) is 1. The summed E-state index contributed by atoms with van der Waals surface area (Å²) in [5.41, 5.74) is 8.63. The van der Waals surface area contributed by atoms with Crippen molar-refractivity contribution < 1.29 is 9.53 Å². The first-order chi connectivity index (χ1) is 12.2. The Bertz CT molecular complexity index is 587. The van der Waals surface area contributed by atoms with Gasteiger partial charge in [0.1, 0.15) is 0 Å². The molecule has 1 aromatic rings. The third kappa shape index (κ3) is 6.24. The van der Waals surface area contributed by atoms with Gasteiger partial charge < -0.3 is 20.3 Å². The second kappa shape index (κ2) is 11.7. The summed E-state index contributed by atoms with van der Waals surface area (Å²) in [6.07, 6.45) is 5.44. The molecule has 3 rings (SSSR count). The molecule has 0 aliphatic carbocycles. The van der Waals surface area contributed by atoms with Crippen LogP contribution in [0.1, 0.15) is 48.0 Å². The van der Waals surface area contributed by atoms with Gasteiger partial charge in [-0.1, -0.05) is 11.6 Å². The van der Waals surface area contributed by atoms with Crippen LogP contribution in [-0.4, -0.2) is 56.2 Å². The van der Waals surface area contributed by atoms with Gasteiger partial charge in [-0.2, -0.15) is 0 Å². The van der Waals surface area contributed by atoms with Gasteiger partial charge in [0.05, 0.1) is 11.7 Å². The van der Waals surface area contributed by atoms with Crippen molar-refractivity contribution in [3.8, 4) is 0 Å². The normalized spacial score (nSPS) is 17.4. The van der Waals surface area contributed by atoms with Gasteiger partial charge in [0.15, 0.2) is 0 Å². The zero-order chi connectivity index (χ0) is 17.6. The average molecular weight is 418 g/mol. The molecule has 2 heterocycles. The van der Waals surface area contributed by atoms with Gasteiger partial charge >= 0.3 is 0 Å². The van der Waals surface area contributed by atoms with Crippen LogP contribution in [0.2, 0.25) is 0 Å². The summed E-state index contributed by atoms with van der Waals surface area (Å²) in [6, 6.07) is 6.29. The first kappa shape index (κ1) is 24.0. The predicted octanol–water partition coefficient (Wildman–Crippen LogP) is 3.41. The molecular weight excluding hydrogens is 385 g/mol. The minimum absolute atomic E-state index is 0. The number of hydrogen-bond acceptors (Lipinski definition) is 4. The van der Waals surface area contributed by atoms with E-state index in [1.165, 1.54) is 12.8 Å². The Kier molecular flexibility index (Phi) is 10.5. The summed E-state index contributed by atoms with van der Waals surface area (Å²) in [4.78, 5) is 17.5. The minimum Gasteiger partial charge on any atom is -0.378 e. The number of nitrogens with two attached hydrogens (primary N) is 1. The second-order valence-electron chi connectivity index (χ2n) is 7.22. The highest BCUT2D eigenvalue weighted by Crippen LogP contribution is 2.28. The van der Waals surface area contributed by atoms with Gasteiger partial charge in [-0.15, -0.1) is 24.8 Å². The maximum absolute atomic E-state index is 13.1. The fourth-order valence-electron chi connectivity index (χ4n) is 3.78. The van der Waals surface area contributed by atoms with E-state index in [1.807, 2.05) is 4.90 Å². The van der Waals surface area contributed by atoms with E-state index in [4.69, 9.17) is 10.5 Å². The fraction of sp³-hybridized carbons (Fsp3) is 0.650. The Morgan fingerprint density at radius 3 is 2.44 bits per heavy atom. The maximum atomic E-state index is 13.1. The molecule has 154 valence electrons. The van der Waals surface area contributed by atoms with Crippen molar-refractivity contribution in [1.82, 2.24) is 4.90 Å². The fourth-order valence-corrected chi connectivity index (χ4v) is 3.78. The Morgan fingerprint density at radius 1 is 1.15 bits per heavy atom. The highest BCUT2D eigenvalue weighted by atomic mass is 35.5. The van der Waals surface area contributed by atoms with Crippen LogP contribution in [0.4, 0.5) is 5.69 Å². The van der Waals surface area contributed by atoms with E-state index in [0.29, 0.717) is 6.54 Å². The number of nitrogens with zero attached hydrogens (tertiary/aromatic N) is 2. The topological polar surface area (TPSA) is 58.8 Å². The number of aryl methyl sites for hydroxylation is 1. The molecule has 2 saturated heterocycles. The maximum Gasteiger partial charge on any atom is 0.255 e. The number of rotatable bonds is 6. The molecule has 1 aromatic carbocycles. The van der Waals surface area contributed by atoms with Crippen LogP contribution in [-0.2, 0) is 4.74 Å². The minimum atomic E-state index is 0. The number of carbonyl (C=O) groups is 1. The molecule has 2 aliphatic heterocycles. The van der Waals surface area contributed by atoms with E-state index in [-0.39, 0.29) is 36.8 Å². The molecule has 0 radical (unpaired) electrons. The Balaban J connectivity index is 0.00000182. The zero-order valence-corrected chi connectivity index (χ0v) is 17.8. The lowest BCUT2D eigenvalue weighted by Crippen LogP contribution is -2.41. The van der Waals surface area contributed by atoms with E-state index < -0.39 is 0 Å². The molecule has 2 aliphatic rings. The summed E-state index contributed by atoms with van der Waals surface area (Å²) in [5.74, 6) is 0.172. The molecule has 0 unspecified atom stereocenters. The van der Waals surface area contributed by atoms with Gasteiger partial charge in [-0.05, 0) is 57.7 Å². The number of anilines is 1. The van der Waals surface area contributed by atoms with Crippen molar-refractivity contribution in [3.63, 3.8) is 0 Å². The number of halogens is 2. The number of piperidine rings is 1. The van der Waals surface area contributed by atoms with Crippen molar-refractivity contribution >= 4 is 36.4 Å². The summed E-state index contributed by atoms with van der Waals surface area (Å²) < 4.78 is 5.86. The molecule has 5 nitrogen and oxygen atoms in total. The van der Waals surface area contributed by atoms with Gasteiger partial charge in [-0.25, -0.2) is 0 Å². The molecule has 0 saturated carbocycles. The molecule has 0 aromatic heterocycles. The average Bonchev–Trinajstić information content (AvgIpc) is 3.16. The highest BCUT2D eigenvalue weighted by Gasteiger charge is 2.27. The van der Waals surface area contributed by atoms with Crippen LogP contribution in [0, 0.1) is 6.92 Å². The number of hydrogen-bond donors (Lipinski definition) is 1. The molecule has 7 heteroatoms. The van der Waals surface area contributed by atoms with Gasteiger partial charge in [-0.3, -0.25) is 4.79 Å². The molecular formula is C20H33Cl2N3O2. The lowest BCUT2D eigenvalue weighted by molar-refractivity contribution is 0.00846. The van der Waals surface area contributed by atoms with E-state index in [1.54, 1.807) is 0 Å². The van der Waals surface area contributed by atoms with Crippen LogP contribution >= 0.6 is 24.8 Å². The zero-order valence-electron chi connectivity index (χ0n) is 16.2. The second-order valence-corrected chi connectivity index (χ2v) is 7.22. The van der Waals surface area contributed by atoms with E-state index >= 15 is 0 Å². The Morgan fingerprint density at radius 2 is 1.81 bits per heavy atom. The van der Waals surface area contributed by atoms with Crippen molar-refractivity contribution in [2.24, 2.45) is 5.73 Å². The van der Waals surface area contributed by atoms with Crippen molar-refractivity contribution in [2.45, 2.75) is 45.1 Å². The summed E-state index contributed by atoms with van der Waals surface area (Å²) >= 11 is 0. The lowest BCUT2D eigenvalue weighted by atomic mass is 10.0. The number of ether oxygens (including phenoxy) is 1. The van der Waals surface area contributed by atoms with Gasteiger partial charge in [0, 0.05) is 38.5 Å².